The summed E-state index contributed by atoms with van der Waals surface area (Å²) in [5.74, 6) is 3.11. The average Bonchev–Trinajstić information content (AvgIpc) is 3.05. The van der Waals surface area contributed by atoms with E-state index in [1.165, 1.54) is 0 Å². The minimum atomic E-state index is -0.117. The number of benzene rings is 3. The van der Waals surface area contributed by atoms with Crippen LogP contribution in [0.15, 0.2) is 77.8 Å². The van der Waals surface area contributed by atoms with Gasteiger partial charge in [0.15, 0.2) is 5.75 Å². The molecule has 5 rings (SSSR count). The van der Waals surface area contributed by atoms with Gasteiger partial charge in [-0.25, -0.2) is 4.99 Å². The Hall–Kier alpha value is -3.80. The van der Waals surface area contributed by atoms with Crippen LogP contribution in [0.5, 0.6) is 17.2 Å². The molecular weight excluding hydrogens is 438 g/mol. The highest BCUT2D eigenvalue weighted by Crippen LogP contribution is 2.39. The highest BCUT2D eigenvalue weighted by atomic mass is 16.5. The highest BCUT2D eigenvalue weighted by molar-refractivity contribution is 6.04. The van der Waals surface area contributed by atoms with E-state index in [1.54, 1.807) is 7.11 Å². The molecule has 0 radical (unpaired) electrons. The van der Waals surface area contributed by atoms with Gasteiger partial charge in [-0.05, 0) is 43.2 Å². The van der Waals surface area contributed by atoms with Gasteiger partial charge in [0, 0.05) is 31.7 Å². The Morgan fingerprint density at radius 3 is 2.57 bits per heavy atom. The number of hydrogen-bond acceptors (Lipinski definition) is 5. The van der Waals surface area contributed by atoms with Crippen molar-refractivity contribution in [2.75, 3.05) is 26.7 Å². The number of carbonyl (C=O) groups is 1. The average molecular weight is 470 g/mol. The first-order valence-electron chi connectivity index (χ1n) is 12.2. The molecule has 1 amide bonds. The lowest BCUT2D eigenvalue weighted by molar-refractivity contribution is -0.136. The Balaban J connectivity index is 1.43. The lowest BCUT2D eigenvalue weighted by Crippen LogP contribution is -2.56. The van der Waals surface area contributed by atoms with Crippen molar-refractivity contribution in [1.82, 2.24) is 9.80 Å². The number of piperazine rings is 1. The third-order valence-corrected chi connectivity index (χ3v) is 6.86. The number of aliphatic imine (C=N–C) groups is 1. The van der Waals surface area contributed by atoms with Crippen LogP contribution in [0.2, 0.25) is 0 Å². The SMILES string of the molecule is CC[C@@H](C(=O)N1CCN(C2=Nc3ccccc3Oc3cc(OC)ccc32)C[C@H]1C)c1ccccc1. The molecule has 6 nitrogen and oxygen atoms in total. The van der Waals surface area contributed by atoms with E-state index in [0.29, 0.717) is 31.1 Å². The molecule has 1 fully saturated rings. The molecular formula is C29H31N3O3. The van der Waals surface area contributed by atoms with E-state index in [1.807, 2.05) is 65.6 Å². The third-order valence-electron chi connectivity index (χ3n) is 6.86. The van der Waals surface area contributed by atoms with Crippen LogP contribution >= 0.6 is 0 Å². The first-order valence-corrected chi connectivity index (χ1v) is 12.2. The predicted molar refractivity (Wildman–Crippen MR) is 138 cm³/mol. The first-order chi connectivity index (χ1) is 17.1. The topological polar surface area (TPSA) is 54.4 Å². The zero-order valence-corrected chi connectivity index (χ0v) is 20.5. The molecule has 2 aliphatic heterocycles. The molecule has 3 aromatic rings. The molecule has 35 heavy (non-hydrogen) atoms. The maximum absolute atomic E-state index is 13.6. The fourth-order valence-corrected chi connectivity index (χ4v) is 4.98. The fraction of sp³-hybridized carbons (Fsp3) is 0.310. The van der Waals surface area contributed by atoms with E-state index in [0.717, 1.165) is 34.8 Å². The molecule has 0 unspecified atom stereocenters. The molecule has 0 aliphatic carbocycles. The summed E-state index contributed by atoms with van der Waals surface area (Å²) in [6, 6.07) is 23.8. The summed E-state index contributed by atoms with van der Waals surface area (Å²) >= 11 is 0. The number of amides is 1. The summed E-state index contributed by atoms with van der Waals surface area (Å²) in [5, 5.41) is 0. The van der Waals surface area contributed by atoms with Crippen molar-refractivity contribution in [2.24, 2.45) is 4.99 Å². The molecule has 6 heteroatoms. The van der Waals surface area contributed by atoms with Gasteiger partial charge in [-0.2, -0.15) is 0 Å². The normalized spacial score (nSPS) is 17.9. The maximum atomic E-state index is 13.6. The second-order valence-corrected chi connectivity index (χ2v) is 9.07. The van der Waals surface area contributed by atoms with E-state index in [9.17, 15) is 4.79 Å². The van der Waals surface area contributed by atoms with Crippen LogP contribution in [0, 0.1) is 0 Å². The number of methoxy groups -OCH3 is 1. The minimum absolute atomic E-state index is 0.0535. The third kappa shape index (κ3) is 4.48. The molecule has 0 bridgehead atoms. The lowest BCUT2D eigenvalue weighted by atomic mass is 9.94. The Labute approximate surface area is 206 Å². The number of para-hydroxylation sites is 2. The van der Waals surface area contributed by atoms with Crippen molar-refractivity contribution in [3.8, 4) is 17.2 Å². The van der Waals surface area contributed by atoms with E-state index in [-0.39, 0.29) is 17.9 Å². The van der Waals surface area contributed by atoms with Crippen molar-refractivity contribution in [1.29, 1.82) is 0 Å². The summed E-state index contributed by atoms with van der Waals surface area (Å²) in [6.45, 7) is 6.26. The molecule has 0 N–H and O–H groups in total. The fourth-order valence-electron chi connectivity index (χ4n) is 4.98. The predicted octanol–water partition coefficient (Wildman–Crippen LogP) is 5.61. The number of fused-ring (bicyclic) bond motifs is 2. The molecule has 1 saturated heterocycles. The number of carbonyl (C=O) groups excluding carboxylic acids is 1. The largest absolute Gasteiger partial charge is 0.497 e. The Kier molecular flexibility index (Phi) is 6.45. The highest BCUT2D eigenvalue weighted by Gasteiger charge is 2.34. The Bertz CT molecular complexity index is 1240. The van der Waals surface area contributed by atoms with Gasteiger partial charge in [0.05, 0.1) is 18.6 Å². The van der Waals surface area contributed by atoms with Gasteiger partial charge < -0.3 is 19.3 Å². The van der Waals surface area contributed by atoms with Gasteiger partial charge in [0.2, 0.25) is 5.91 Å². The Morgan fingerprint density at radius 1 is 1.06 bits per heavy atom. The quantitative estimate of drug-likeness (QED) is 0.499. The van der Waals surface area contributed by atoms with Gasteiger partial charge >= 0.3 is 0 Å². The summed E-state index contributed by atoms with van der Waals surface area (Å²) in [7, 11) is 1.65. The van der Waals surface area contributed by atoms with Crippen LogP contribution in [0.3, 0.4) is 0 Å². The van der Waals surface area contributed by atoms with Crippen LogP contribution in [0.4, 0.5) is 5.69 Å². The molecule has 0 saturated carbocycles. The summed E-state index contributed by atoms with van der Waals surface area (Å²) in [6.07, 6.45) is 0.784. The van der Waals surface area contributed by atoms with E-state index in [2.05, 4.69) is 30.9 Å². The number of hydrogen-bond donors (Lipinski definition) is 0. The van der Waals surface area contributed by atoms with Crippen LogP contribution in [0.25, 0.3) is 0 Å². The van der Waals surface area contributed by atoms with Crippen LogP contribution in [-0.2, 0) is 4.79 Å². The lowest BCUT2D eigenvalue weighted by Gasteiger charge is -2.42. The molecule has 3 aromatic carbocycles. The number of rotatable bonds is 4. The summed E-state index contributed by atoms with van der Waals surface area (Å²) in [4.78, 5) is 22.9. The number of amidine groups is 1. The summed E-state index contributed by atoms with van der Waals surface area (Å²) in [5.41, 5.74) is 2.79. The first kappa shape index (κ1) is 23.0. The number of nitrogens with zero attached hydrogens (tertiary/aromatic N) is 3. The second kappa shape index (κ2) is 9.82. The molecule has 0 aromatic heterocycles. The Morgan fingerprint density at radius 2 is 1.83 bits per heavy atom. The van der Waals surface area contributed by atoms with Crippen molar-refractivity contribution >= 4 is 17.4 Å². The smallest absolute Gasteiger partial charge is 0.230 e. The van der Waals surface area contributed by atoms with Gasteiger partial charge in [0.25, 0.3) is 0 Å². The minimum Gasteiger partial charge on any atom is -0.497 e. The van der Waals surface area contributed by atoms with Gasteiger partial charge in [-0.15, -0.1) is 0 Å². The second-order valence-electron chi connectivity index (χ2n) is 9.07. The van der Waals surface area contributed by atoms with Gasteiger partial charge in [-0.1, -0.05) is 49.4 Å². The molecule has 180 valence electrons. The van der Waals surface area contributed by atoms with Gasteiger partial charge in [0.1, 0.15) is 23.0 Å². The summed E-state index contributed by atoms with van der Waals surface area (Å²) < 4.78 is 11.7. The van der Waals surface area contributed by atoms with Crippen LogP contribution in [-0.4, -0.2) is 54.3 Å². The van der Waals surface area contributed by atoms with E-state index >= 15 is 0 Å². The molecule has 2 atom stereocenters. The molecule has 2 aliphatic rings. The zero-order chi connectivity index (χ0) is 24.4. The van der Waals surface area contributed by atoms with Crippen molar-refractivity contribution in [2.45, 2.75) is 32.2 Å². The van der Waals surface area contributed by atoms with Crippen LogP contribution in [0.1, 0.15) is 37.3 Å². The molecule has 2 heterocycles. The monoisotopic (exact) mass is 469 g/mol. The molecule has 0 spiro atoms. The van der Waals surface area contributed by atoms with E-state index in [4.69, 9.17) is 14.5 Å². The van der Waals surface area contributed by atoms with Crippen LogP contribution < -0.4 is 9.47 Å². The van der Waals surface area contributed by atoms with E-state index < -0.39 is 0 Å². The van der Waals surface area contributed by atoms with Gasteiger partial charge in [-0.3, -0.25) is 4.79 Å². The maximum Gasteiger partial charge on any atom is 0.230 e. The zero-order valence-electron chi connectivity index (χ0n) is 20.5. The van der Waals surface area contributed by atoms with Crippen molar-refractivity contribution in [3.05, 3.63) is 83.9 Å². The number of ether oxygens (including phenoxy) is 2. The van der Waals surface area contributed by atoms with Crippen molar-refractivity contribution < 1.29 is 14.3 Å². The van der Waals surface area contributed by atoms with Crippen molar-refractivity contribution in [3.63, 3.8) is 0 Å². The standard InChI is InChI=1S/C29H31N3O3/c1-4-23(21-10-6-5-7-11-21)29(33)32-17-16-31(19-20(32)2)28-24-15-14-22(34-3)18-27(24)35-26-13-9-8-12-25(26)30-28/h5-15,18,20,23H,4,16-17,19H2,1-3H3/t20-,23-/m1/s1.